The molecule has 0 aliphatic carbocycles. The van der Waals surface area contributed by atoms with E-state index in [2.05, 4.69) is 0 Å². The van der Waals surface area contributed by atoms with E-state index in [-0.39, 0.29) is 18.0 Å². The van der Waals surface area contributed by atoms with Gasteiger partial charge < -0.3 is 10.0 Å². The van der Waals surface area contributed by atoms with E-state index in [1.165, 1.54) is 18.2 Å². The molecule has 2 rings (SSSR count). The van der Waals surface area contributed by atoms with Crippen molar-refractivity contribution in [2.45, 2.75) is 6.42 Å². The van der Waals surface area contributed by atoms with Crippen LogP contribution < -0.4 is 4.90 Å². The lowest BCUT2D eigenvalue weighted by Crippen LogP contribution is -2.47. The van der Waals surface area contributed by atoms with Gasteiger partial charge in [-0.2, -0.15) is 0 Å². The third-order valence-corrected chi connectivity index (χ3v) is 3.13. The first kappa shape index (κ1) is 12.6. The minimum absolute atomic E-state index is 0.00632. The highest BCUT2D eigenvalue weighted by molar-refractivity contribution is 6.31. The number of nitro benzene ring substituents is 1. The number of hydrogen-bond donors (Lipinski definition) is 1. The van der Waals surface area contributed by atoms with Crippen LogP contribution in [0.1, 0.15) is 6.42 Å². The summed E-state index contributed by atoms with van der Waals surface area (Å²) in [5.74, 6) is -0.804. The SMILES string of the molecule is O=C(O)CC1CN(c2cc(Cl)ccc2[N+](=O)[O-])C1. The maximum absolute atomic E-state index is 10.9. The molecule has 0 radical (unpaired) electrons. The number of halogens is 1. The Kier molecular flexibility index (Phi) is 3.38. The second kappa shape index (κ2) is 4.81. The van der Waals surface area contributed by atoms with Gasteiger partial charge in [-0.15, -0.1) is 0 Å². The molecule has 1 aliphatic rings. The van der Waals surface area contributed by atoms with E-state index in [1.54, 1.807) is 4.90 Å². The van der Waals surface area contributed by atoms with Crippen molar-refractivity contribution in [1.82, 2.24) is 0 Å². The predicted octanol–water partition coefficient (Wildman–Crippen LogP) is 2.16. The van der Waals surface area contributed by atoms with Gasteiger partial charge >= 0.3 is 5.97 Å². The molecule has 0 saturated carbocycles. The molecule has 1 heterocycles. The van der Waals surface area contributed by atoms with Gasteiger partial charge in [0.05, 0.1) is 11.3 Å². The standard InChI is InChI=1S/C11H11ClN2O4/c12-8-1-2-9(14(17)18)10(4-8)13-5-7(6-13)3-11(15)16/h1-2,4,7H,3,5-6H2,(H,15,16). The van der Waals surface area contributed by atoms with Gasteiger partial charge in [0.2, 0.25) is 0 Å². The van der Waals surface area contributed by atoms with Gasteiger partial charge in [0.25, 0.3) is 5.69 Å². The van der Waals surface area contributed by atoms with E-state index >= 15 is 0 Å². The Morgan fingerprint density at radius 2 is 2.22 bits per heavy atom. The molecule has 0 spiro atoms. The average molecular weight is 271 g/mol. The molecule has 0 aromatic heterocycles. The minimum Gasteiger partial charge on any atom is -0.481 e. The van der Waals surface area contributed by atoms with Gasteiger partial charge in [0, 0.05) is 30.1 Å². The molecule has 0 unspecified atom stereocenters. The highest BCUT2D eigenvalue weighted by atomic mass is 35.5. The Labute approximate surface area is 108 Å². The lowest BCUT2D eigenvalue weighted by Gasteiger charge is -2.40. The van der Waals surface area contributed by atoms with Gasteiger partial charge in [-0.25, -0.2) is 0 Å². The normalized spacial score (nSPS) is 15.3. The van der Waals surface area contributed by atoms with Gasteiger partial charge in [0.15, 0.2) is 0 Å². The van der Waals surface area contributed by atoms with Crippen LogP contribution in [-0.2, 0) is 4.79 Å². The molecule has 1 aliphatic heterocycles. The number of carbonyl (C=O) groups is 1. The third-order valence-electron chi connectivity index (χ3n) is 2.90. The van der Waals surface area contributed by atoms with Crippen LogP contribution >= 0.6 is 11.6 Å². The zero-order chi connectivity index (χ0) is 13.3. The number of carboxylic acids is 1. The van der Waals surface area contributed by atoms with Crippen molar-refractivity contribution < 1.29 is 14.8 Å². The molecule has 6 nitrogen and oxygen atoms in total. The molecule has 0 bridgehead atoms. The number of rotatable bonds is 4. The molecule has 1 aromatic carbocycles. The van der Waals surface area contributed by atoms with Crippen LogP contribution in [0.25, 0.3) is 0 Å². The van der Waals surface area contributed by atoms with Crippen LogP contribution in [-0.4, -0.2) is 29.1 Å². The predicted molar refractivity (Wildman–Crippen MR) is 66.1 cm³/mol. The van der Waals surface area contributed by atoms with Crippen molar-refractivity contribution >= 4 is 28.9 Å². The van der Waals surface area contributed by atoms with E-state index in [0.29, 0.717) is 23.8 Å². The van der Waals surface area contributed by atoms with Gasteiger partial charge in [-0.3, -0.25) is 14.9 Å². The molecule has 1 saturated heterocycles. The molecular formula is C11H11ClN2O4. The zero-order valence-corrected chi connectivity index (χ0v) is 10.1. The molecule has 7 heteroatoms. The molecule has 1 N–H and O–H groups in total. The Morgan fingerprint density at radius 1 is 1.56 bits per heavy atom. The summed E-state index contributed by atoms with van der Waals surface area (Å²) in [4.78, 5) is 22.7. The molecule has 0 amide bonds. The van der Waals surface area contributed by atoms with E-state index in [9.17, 15) is 14.9 Å². The van der Waals surface area contributed by atoms with Crippen molar-refractivity contribution in [3.8, 4) is 0 Å². The molecule has 1 aromatic rings. The number of carboxylic acid groups (broad SMARTS) is 1. The fourth-order valence-electron chi connectivity index (χ4n) is 2.05. The highest BCUT2D eigenvalue weighted by Gasteiger charge is 2.32. The average Bonchev–Trinajstić information content (AvgIpc) is 2.21. The number of aliphatic carboxylic acids is 1. The third kappa shape index (κ3) is 2.53. The number of anilines is 1. The second-order valence-corrected chi connectivity index (χ2v) is 4.70. The van der Waals surface area contributed by atoms with E-state index in [4.69, 9.17) is 16.7 Å². The summed E-state index contributed by atoms with van der Waals surface area (Å²) in [5, 5.41) is 20.0. The van der Waals surface area contributed by atoms with E-state index < -0.39 is 10.9 Å². The smallest absolute Gasteiger partial charge is 0.303 e. The first-order valence-corrected chi connectivity index (χ1v) is 5.76. The number of benzene rings is 1. The van der Waals surface area contributed by atoms with Crippen molar-refractivity contribution in [3.63, 3.8) is 0 Å². The maximum atomic E-state index is 10.9. The number of nitro groups is 1. The van der Waals surface area contributed by atoms with Crippen LogP contribution in [0.4, 0.5) is 11.4 Å². The van der Waals surface area contributed by atoms with Gasteiger partial charge in [-0.1, -0.05) is 11.6 Å². The largest absolute Gasteiger partial charge is 0.481 e. The summed E-state index contributed by atoms with van der Waals surface area (Å²) in [6.07, 6.45) is 0.0882. The van der Waals surface area contributed by atoms with Crippen LogP contribution in [0.15, 0.2) is 18.2 Å². The first-order valence-electron chi connectivity index (χ1n) is 5.38. The van der Waals surface area contributed by atoms with Crippen LogP contribution in [0.3, 0.4) is 0 Å². The lowest BCUT2D eigenvalue weighted by atomic mass is 9.95. The topological polar surface area (TPSA) is 83.7 Å². The fourth-order valence-corrected chi connectivity index (χ4v) is 2.21. The van der Waals surface area contributed by atoms with E-state index in [1.807, 2.05) is 0 Å². The second-order valence-electron chi connectivity index (χ2n) is 4.26. The lowest BCUT2D eigenvalue weighted by molar-refractivity contribution is -0.384. The van der Waals surface area contributed by atoms with Crippen molar-refractivity contribution in [3.05, 3.63) is 33.3 Å². The van der Waals surface area contributed by atoms with E-state index in [0.717, 1.165) is 0 Å². The number of nitrogens with zero attached hydrogens (tertiary/aromatic N) is 2. The number of hydrogen-bond acceptors (Lipinski definition) is 4. The van der Waals surface area contributed by atoms with Crippen LogP contribution in [0.2, 0.25) is 5.02 Å². The van der Waals surface area contributed by atoms with Crippen LogP contribution in [0, 0.1) is 16.0 Å². The van der Waals surface area contributed by atoms with Gasteiger partial charge in [0.1, 0.15) is 5.69 Å². The maximum Gasteiger partial charge on any atom is 0.303 e. The molecule has 1 fully saturated rings. The Hall–Kier alpha value is -1.82. The monoisotopic (exact) mass is 270 g/mol. The Morgan fingerprint density at radius 3 is 2.78 bits per heavy atom. The molecule has 0 atom stereocenters. The van der Waals surface area contributed by atoms with Gasteiger partial charge in [-0.05, 0) is 12.1 Å². The Bertz CT molecular complexity index is 500. The minimum atomic E-state index is -0.847. The quantitative estimate of drug-likeness (QED) is 0.669. The zero-order valence-electron chi connectivity index (χ0n) is 9.38. The first-order chi connectivity index (χ1) is 8.47. The summed E-state index contributed by atoms with van der Waals surface area (Å²) in [6, 6.07) is 4.37. The van der Waals surface area contributed by atoms with Crippen molar-refractivity contribution in [2.24, 2.45) is 5.92 Å². The van der Waals surface area contributed by atoms with Crippen molar-refractivity contribution in [1.29, 1.82) is 0 Å². The summed E-state index contributed by atoms with van der Waals surface area (Å²) < 4.78 is 0. The fraction of sp³-hybridized carbons (Fsp3) is 0.364. The molecular weight excluding hydrogens is 260 g/mol. The van der Waals surface area contributed by atoms with Crippen molar-refractivity contribution in [2.75, 3.05) is 18.0 Å². The highest BCUT2D eigenvalue weighted by Crippen LogP contribution is 2.35. The van der Waals surface area contributed by atoms with Crippen LogP contribution in [0.5, 0.6) is 0 Å². The summed E-state index contributed by atoms with van der Waals surface area (Å²) in [6.45, 7) is 1.01. The molecule has 96 valence electrons. The Balaban J connectivity index is 2.13. The summed E-state index contributed by atoms with van der Waals surface area (Å²) in [5.41, 5.74) is 0.447. The molecule has 18 heavy (non-hydrogen) atoms. The summed E-state index contributed by atoms with van der Waals surface area (Å²) >= 11 is 5.82. The summed E-state index contributed by atoms with van der Waals surface area (Å²) in [7, 11) is 0.